The first-order chi connectivity index (χ1) is 10.2. The van der Waals surface area contributed by atoms with Crippen molar-refractivity contribution in [2.24, 2.45) is 0 Å². The Balaban J connectivity index is 2.16. The quantitative estimate of drug-likeness (QED) is 0.728. The maximum atomic E-state index is 4.29. The summed E-state index contributed by atoms with van der Waals surface area (Å²) in [5.41, 5.74) is 3.41. The van der Waals surface area contributed by atoms with E-state index in [-0.39, 0.29) is 5.41 Å². The van der Waals surface area contributed by atoms with E-state index in [2.05, 4.69) is 71.3 Å². The van der Waals surface area contributed by atoms with Gasteiger partial charge in [-0.2, -0.15) is 0 Å². The Hall–Kier alpha value is -2.55. The van der Waals surface area contributed by atoms with Gasteiger partial charge in [-0.15, -0.1) is 0 Å². The zero-order valence-electron chi connectivity index (χ0n) is 12.2. The lowest BCUT2D eigenvalue weighted by atomic mass is 9.76. The minimum Gasteiger partial charge on any atom is -0.225 e. The van der Waals surface area contributed by atoms with Gasteiger partial charge < -0.3 is 0 Å². The monoisotopic (exact) mass is 275 g/mol. The molecular weight excluding hydrogens is 258 g/mol. The molecule has 0 aliphatic rings. The fourth-order valence-corrected chi connectivity index (χ4v) is 2.61. The lowest BCUT2D eigenvalue weighted by molar-refractivity contribution is 0.642. The van der Waals surface area contributed by atoms with Crippen LogP contribution in [0.4, 0.5) is 0 Å². The largest absolute Gasteiger partial charge is 0.225 e. The SMILES string of the molecule is CC(C)(c1ccccc1)c1ccccc1-c1ncncn1. The van der Waals surface area contributed by atoms with Crippen LogP contribution < -0.4 is 0 Å². The zero-order valence-corrected chi connectivity index (χ0v) is 12.2. The normalized spacial score (nSPS) is 11.3. The van der Waals surface area contributed by atoms with E-state index in [1.54, 1.807) is 0 Å². The molecule has 0 unspecified atom stereocenters. The summed E-state index contributed by atoms with van der Waals surface area (Å²) in [5.74, 6) is 0.713. The molecule has 0 saturated carbocycles. The van der Waals surface area contributed by atoms with Crippen molar-refractivity contribution in [3.8, 4) is 11.4 Å². The Kier molecular flexibility index (Phi) is 3.48. The van der Waals surface area contributed by atoms with Gasteiger partial charge in [-0.25, -0.2) is 15.0 Å². The van der Waals surface area contributed by atoms with Crippen LogP contribution in [0.5, 0.6) is 0 Å². The van der Waals surface area contributed by atoms with Gasteiger partial charge in [0.15, 0.2) is 5.82 Å². The van der Waals surface area contributed by atoms with E-state index in [9.17, 15) is 0 Å². The van der Waals surface area contributed by atoms with Gasteiger partial charge in [0.05, 0.1) is 0 Å². The number of hydrogen-bond donors (Lipinski definition) is 0. The highest BCUT2D eigenvalue weighted by Crippen LogP contribution is 2.36. The summed E-state index contributed by atoms with van der Waals surface area (Å²) in [7, 11) is 0. The summed E-state index contributed by atoms with van der Waals surface area (Å²) < 4.78 is 0. The number of benzene rings is 2. The molecule has 0 N–H and O–H groups in total. The summed E-state index contributed by atoms with van der Waals surface area (Å²) in [4.78, 5) is 12.5. The summed E-state index contributed by atoms with van der Waals surface area (Å²) in [6.07, 6.45) is 3.07. The zero-order chi connectivity index (χ0) is 14.7. The molecule has 3 heteroatoms. The van der Waals surface area contributed by atoms with Crippen LogP contribution in [0, 0.1) is 0 Å². The van der Waals surface area contributed by atoms with Crippen LogP contribution in [0.25, 0.3) is 11.4 Å². The van der Waals surface area contributed by atoms with Gasteiger partial charge in [0.1, 0.15) is 12.7 Å². The topological polar surface area (TPSA) is 38.7 Å². The average Bonchev–Trinajstić information content (AvgIpc) is 2.56. The highest BCUT2D eigenvalue weighted by atomic mass is 15.0. The minimum atomic E-state index is -0.121. The van der Waals surface area contributed by atoms with E-state index in [1.165, 1.54) is 23.8 Å². The first-order valence-electron chi connectivity index (χ1n) is 6.97. The second-order valence-electron chi connectivity index (χ2n) is 5.50. The van der Waals surface area contributed by atoms with Gasteiger partial charge >= 0.3 is 0 Å². The molecule has 1 aromatic heterocycles. The van der Waals surface area contributed by atoms with Crippen LogP contribution in [-0.2, 0) is 5.41 Å². The lowest BCUT2D eigenvalue weighted by Gasteiger charge is -2.28. The van der Waals surface area contributed by atoms with Crippen LogP contribution in [-0.4, -0.2) is 15.0 Å². The molecule has 0 fully saturated rings. The van der Waals surface area contributed by atoms with E-state index in [0.29, 0.717) is 5.82 Å². The molecule has 104 valence electrons. The third-order valence-corrected chi connectivity index (χ3v) is 3.83. The molecule has 1 heterocycles. The van der Waals surface area contributed by atoms with Gasteiger partial charge in [-0.05, 0) is 11.1 Å². The van der Waals surface area contributed by atoms with E-state index in [1.807, 2.05) is 12.1 Å². The fraction of sp³-hybridized carbons (Fsp3) is 0.167. The van der Waals surface area contributed by atoms with Gasteiger partial charge in [0.25, 0.3) is 0 Å². The van der Waals surface area contributed by atoms with E-state index in [0.717, 1.165) is 5.56 Å². The van der Waals surface area contributed by atoms with Crippen LogP contribution in [0.1, 0.15) is 25.0 Å². The number of nitrogens with zero attached hydrogens (tertiary/aromatic N) is 3. The molecule has 0 radical (unpaired) electrons. The van der Waals surface area contributed by atoms with Gasteiger partial charge in [0.2, 0.25) is 0 Å². The van der Waals surface area contributed by atoms with Crippen molar-refractivity contribution in [3.63, 3.8) is 0 Å². The molecule has 21 heavy (non-hydrogen) atoms. The molecule has 0 aliphatic carbocycles. The first-order valence-corrected chi connectivity index (χ1v) is 6.97. The average molecular weight is 275 g/mol. The van der Waals surface area contributed by atoms with Crippen molar-refractivity contribution in [2.45, 2.75) is 19.3 Å². The molecule has 3 aromatic rings. The summed E-state index contributed by atoms with van der Waals surface area (Å²) >= 11 is 0. The Bertz CT molecular complexity index is 722. The third-order valence-electron chi connectivity index (χ3n) is 3.83. The summed E-state index contributed by atoms with van der Waals surface area (Å²) in [5, 5.41) is 0. The maximum absolute atomic E-state index is 4.29. The fourth-order valence-electron chi connectivity index (χ4n) is 2.61. The van der Waals surface area contributed by atoms with E-state index in [4.69, 9.17) is 0 Å². The van der Waals surface area contributed by atoms with E-state index >= 15 is 0 Å². The summed E-state index contributed by atoms with van der Waals surface area (Å²) in [6.45, 7) is 4.45. The molecule has 2 aromatic carbocycles. The summed E-state index contributed by atoms with van der Waals surface area (Å²) in [6, 6.07) is 18.8. The second kappa shape index (κ2) is 5.44. The molecule has 0 spiro atoms. The number of hydrogen-bond acceptors (Lipinski definition) is 3. The first kappa shape index (κ1) is 13.4. The van der Waals surface area contributed by atoms with Crippen molar-refractivity contribution in [2.75, 3.05) is 0 Å². The molecule has 3 nitrogen and oxygen atoms in total. The molecule has 0 amide bonds. The van der Waals surface area contributed by atoms with Gasteiger partial charge in [-0.3, -0.25) is 0 Å². The molecule has 0 bridgehead atoms. The Labute approximate surface area is 124 Å². The number of rotatable bonds is 3. The van der Waals surface area contributed by atoms with Gasteiger partial charge in [0, 0.05) is 11.0 Å². The second-order valence-corrected chi connectivity index (χ2v) is 5.50. The standard InChI is InChI=1S/C18H17N3/c1-18(2,14-8-4-3-5-9-14)16-11-7-6-10-15(16)17-20-12-19-13-21-17/h3-13H,1-2H3. The predicted octanol–water partition coefficient (Wildman–Crippen LogP) is 3.86. The Morgan fingerprint density at radius 3 is 2.10 bits per heavy atom. The predicted molar refractivity (Wildman–Crippen MR) is 83.8 cm³/mol. The van der Waals surface area contributed by atoms with Crippen LogP contribution >= 0.6 is 0 Å². The van der Waals surface area contributed by atoms with Crippen molar-refractivity contribution in [1.82, 2.24) is 15.0 Å². The van der Waals surface area contributed by atoms with Crippen molar-refractivity contribution < 1.29 is 0 Å². The van der Waals surface area contributed by atoms with Gasteiger partial charge in [-0.1, -0.05) is 68.4 Å². The minimum absolute atomic E-state index is 0.121. The molecular formula is C18H17N3. The molecule has 3 rings (SSSR count). The highest BCUT2D eigenvalue weighted by Gasteiger charge is 2.26. The molecule has 0 aliphatic heterocycles. The van der Waals surface area contributed by atoms with Crippen LogP contribution in [0.3, 0.4) is 0 Å². The smallest absolute Gasteiger partial charge is 0.162 e. The van der Waals surface area contributed by atoms with Crippen molar-refractivity contribution in [1.29, 1.82) is 0 Å². The lowest BCUT2D eigenvalue weighted by Crippen LogP contribution is -2.20. The van der Waals surface area contributed by atoms with E-state index < -0.39 is 0 Å². The third kappa shape index (κ3) is 2.55. The molecule has 0 atom stereocenters. The Morgan fingerprint density at radius 2 is 1.38 bits per heavy atom. The van der Waals surface area contributed by atoms with Crippen LogP contribution in [0.2, 0.25) is 0 Å². The number of aromatic nitrogens is 3. The Morgan fingerprint density at radius 1 is 0.762 bits per heavy atom. The van der Waals surface area contributed by atoms with Crippen molar-refractivity contribution >= 4 is 0 Å². The highest BCUT2D eigenvalue weighted by molar-refractivity contribution is 5.63. The van der Waals surface area contributed by atoms with Crippen molar-refractivity contribution in [3.05, 3.63) is 78.4 Å². The molecule has 0 saturated heterocycles. The van der Waals surface area contributed by atoms with Crippen LogP contribution in [0.15, 0.2) is 67.3 Å². The maximum Gasteiger partial charge on any atom is 0.162 e.